The van der Waals surface area contributed by atoms with Crippen LogP contribution in [-0.4, -0.2) is 43.4 Å². The summed E-state index contributed by atoms with van der Waals surface area (Å²) in [5.74, 6) is 1.20. The molecule has 1 saturated heterocycles. The maximum absolute atomic E-state index is 3.49. The first-order valence-corrected chi connectivity index (χ1v) is 7.75. The standard InChI is InChI=1S/C10H15BrN2S2/c11-9-1-2-10(15-9)14-8-7-13-5-3-12-4-6-13/h1-2,12H,3-8H2. The van der Waals surface area contributed by atoms with Crippen molar-refractivity contribution in [3.63, 3.8) is 0 Å². The molecule has 1 aromatic rings. The summed E-state index contributed by atoms with van der Waals surface area (Å²) in [6, 6.07) is 4.31. The Morgan fingerprint density at radius 2 is 2.20 bits per heavy atom. The molecule has 0 atom stereocenters. The van der Waals surface area contributed by atoms with Crippen molar-refractivity contribution in [3.8, 4) is 0 Å². The molecule has 0 saturated carbocycles. The van der Waals surface area contributed by atoms with Gasteiger partial charge in [0.1, 0.15) is 0 Å². The molecule has 1 fully saturated rings. The Morgan fingerprint density at radius 1 is 1.40 bits per heavy atom. The van der Waals surface area contributed by atoms with Gasteiger partial charge < -0.3 is 5.32 Å². The third-order valence-corrected chi connectivity index (χ3v) is 5.24. The van der Waals surface area contributed by atoms with Crippen molar-refractivity contribution in [2.24, 2.45) is 0 Å². The highest BCUT2D eigenvalue weighted by Crippen LogP contribution is 2.30. The zero-order valence-corrected chi connectivity index (χ0v) is 11.8. The number of piperazine rings is 1. The van der Waals surface area contributed by atoms with Gasteiger partial charge in [0.05, 0.1) is 8.00 Å². The molecule has 1 aromatic heterocycles. The number of hydrogen-bond acceptors (Lipinski definition) is 4. The van der Waals surface area contributed by atoms with Crippen molar-refractivity contribution >= 4 is 39.0 Å². The van der Waals surface area contributed by atoms with E-state index in [9.17, 15) is 0 Å². The van der Waals surface area contributed by atoms with Gasteiger partial charge in [0.15, 0.2) is 0 Å². The maximum Gasteiger partial charge on any atom is 0.0710 e. The molecule has 2 nitrogen and oxygen atoms in total. The van der Waals surface area contributed by atoms with Crippen molar-refractivity contribution in [1.29, 1.82) is 0 Å². The number of hydrogen-bond donors (Lipinski definition) is 1. The summed E-state index contributed by atoms with van der Waals surface area (Å²) >= 11 is 7.27. The molecule has 5 heteroatoms. The van der Waals surface area contributed by atoms with Crippen LogP contribution in [-0.2, 0) is 0 Å². The molecular weight excluding hydrogens is 292 g/mol. The van der Waals surface area contributed by atoms with Crippen molar-refractivity contribution in [2.75, 3.05) is 38.5 Å². The summed E-state index contributed by atoms with van der Waals surface area (Å²) in [5.41, 5.74) is 0. The van der Waals surface area contributed by atoms with Crippen molar-refractivity contribution in [1.82, 2.24) is 10.2 Å². The van der Waals surface area contributed by atoms with Gasteiger partial charge in [0, 0.05) is 38.5 Å². The lowest BCUT2D eigenvalue weighted by Crippen LogP contribution is -2.44. The number of halogens is 1. The van der Waals surface area contributed by atoms with Crippen LogP contribution in [0.4, 0.5) is 0 Å². The van der Waals surface area contributed by atoms with Gasteiger partial charge in [0.2, 0.25) is 0 Å². The zero-order chi connectivity index (χ0) is 10.5. The van der Waals surface area contributed by atoms with Crippen LogP contribution in [0.1, 0.15) is 0 Å². The second-order valence-corrected chi connectivity index (χ2v) is 7.36. The predicted molar refractivity (Wildman–Crippen MR) is 72.1 cm³/mol. The highest BCUT2D eigenvalue weighted by Gasteiger charge is 2.08. The SMILES string of the molecule is Brc1ccc(SCCN2CCNCC2)s1. The minimum Gasteiger partial charge on any atom is -0.314 e. The van der Waals surface area contributed by atoms with E-state index in [2.05, 4.69) is 38.3 Å². The first-order chi connectivity index (χ1) is 7.34. The normalized spacial score (nSPS) is 18.2. The molecule has 1 aliphatic rings. The molecule has 0 aliphatic carbocycles. The molecule has 0 amide bonds. The fourth-order valence-corrected chi connectivity index (χ4v) is 4.50. The van der Waals surface area contributed by atoms with E-state index in [-0.39, 0.29) is 0 Å². The molecule has 2 heterocycles. The number of rotatable bonds is 4. The molecule has 0 spiro atoms. The van der Waals surface area contributed by atoms with E-state index in [0.717, 1.165) is 13.1 Å². The van der Waals surface area contributed by atoms with Crippen LogP contribution in [0.3, 0.4) is 0 Å². The van der Waals surface area contributed by atoms with Crippen molar-refractivity contribution in [3.05, 3.63) is 15.9 Å². The average molecular weight is 307 g/mol. The van der Waals surface area contributed by atoms with Crippen molar-refractivity contribution < 1.29 is 0 Å². The lowest BCUT2D eigenvalue weighted by atomic mass is 10.4. The van der Waals surface area contributed by atoms with E-state index in [4.69, 9.17) is 0 Å². The second kappa shape index (κ2) is 6.25. The smallest absolute Gasteiger partial charge is 0.0710 e. The average Bonchev–Trinajstić information content (AvgIpc) is 2.66. The molecular formula is C10H15BrN2S2. The lowest BCUT2D eigenvalue weighted by Gasteiger charge is -2.26. The van der Waals surface area contributed by atoms with Crippen molar-refractivity contribution in [2.45, 2.75) is 4.21 Å². The predicted octanol–water partition coefficient (Wildman–Crippen LogP) is 2.51. The second-order valence-electron chi connectivity index (χ2n) is 3.50. The largest absolute Gasteiger partial charge is 0.314 e. The van der Waals surface area contributed by atoms with Crippen LogP contribution in [0.5, 0.6) is 0 Å². The quantitative estimate of drug-likeness (QED) is 0.861. The van der Waals surface area contributed by atoms with E-state index in [0.29, 0.717) is 0 Å². The Labute approximate surface area is 108 Å². The van der Waals surface area contributed by atoms with E-state index in [1.54, 1.807) is 0 Å². The minimum absolute atomic E-state index is 1.15. The summed E-state index contributed by atoms with van der Waals surface area (Å²) in [6.07, 6.45) is 0. The van der Waals surface area contributed by atoms with Crippen LogP contribution in [0.2, 0.25) is 0 Å². The first-order valence-electron chi connectivity index (χ1n) is 5.16. The maximum atomic E-state index is 3.49. The summed E-state index contributed by atoms with van der Waals surface area (Å²) in [7, 11) is 0. The van der Waals surface area contributed by atoms with Crippen LogP contribution in [0.15, 0.2) is 20.1 Å². The summed E-state index contributed by atoms with van der Waals surface area (Å²) in [5, 5.41) is 3.37. The Kier molecular flexibility index (Phi) is 4.97. The Bertz CT molecular complexity index is 297. The van der Waals surface area contributed by atoms with E-state index < -0.39 is 0 Å². The molecule has 0 radical (unpaired) electrons. The molecule has 1 N–H and O–H groups in total. The van der Waals surface area contributed by atoms with Gasteiger partial charge >= 0.3 is 0 Å². The third kappa shape index (κ3) is 4.07. The van der Waals surface area contributed by atoms with Gasteiger partial charge in [-0.3, -0.25) is 4.90 Å². The monoisotopic (exact) mass is 306 g/mol. The Hall–Kier alpha value is 0.450. The highest BCUT2D eigenvalue weighted by atomic mass is 79.9. The molecule has 84 valence electrons. The van der Waals surface area contributed by atoms with Gasteiger partial charge in [-0.2, -0.15) is 0 Å². The van der Waals surface area contributed by atoms with E-state index in [1.807, 2.05) is 23.1 Å². The van der Waals surface area contributed by atoms with Gasteiger partial charge in [-0.1, -0.05) is 0 Å². The topological polar surface area (TPSA) is 15.3 Å². The Morgan fingerprint density at radius 3 is 2.87 bits per heavy atom. The molecule has 0 unspecified atom stereocenters. The molecule has 2 rings (SSSR count). The minimum atomic E-state index is 1.15. The molecule has 1 aliphatic heterocycles. The fraction of sp³-hybridized carbons (Fsp3) is 0.600. The first kappa shape index (κ1) is 11.9. The number of thiophene rings is 1. The lowest BCUT2D eigenvalue weighted by molar-refractivity contribution is 0.255. The van der Waals surface area contributed by atoms with E-state index >= 15 is 0 Å². The number of nitrogens with one attached hydrogen (secondary N) is 1. The van der Waals surface area contributed by atoms with E-state index in [1.165, 1.54) is 33.4 Å². The summed E-state index contributed by atoms with van der Waals surface area (Å²) in [4.78, 5) is 2.53. The van der Waals surface area contributed by atoms with Gasteiger partial charge in [-0.15, -0.1) is 23.1 Å². The highest BCUT2D eigenvalue weighted by molar-refractivity contribution is 9.11. The van der Waals surface area contributed by atoms with Crippen LogP contribution in [0, 0.1) is 0 Å². The third-order valence-electron chi connectivity index (χ3n) is 2.41. The molecule has 15 heavy (non-hydrogen) atoms. The molecule has 0 aromatic carbocycles. The van der Waals surface area contributed by atoms with Crippen LogP contribution in [0.25, 0.3) is 0 Å². The zero-order valence-electron chi connectivity index (χ0n) is 8.54. The molecule has 0 bridgehead atoms. The van der Waals surface area contributed by atoms with Crippen LogP contribution >= 0.6 is 39.0 Å². The van der Waals surface area contributed by atoms with Gasteiger partial charge in [-0.25, -0.2) is 0 Å². The number of nitrogens with zero attached hydrogens (tertiary/aromatic N) is 1. The fourth-order valence-electron chi connectivity index (χ4n) is 1.59. The van der Waals surface area contributed by atoms with Crippen LogP contribution < -0.4 is 5.32 Å². The van der Waals surface area contributed by atoms with Gasteiger partial charge in [0.25, 0.3) is 0 Å². The summed E-state index contributed by atoms with van der Waals surface area (Å²) in [6.45, 7) is 5.91. The van der Waals surface area contributed by atoms with Gasteiger partial charge in [-0.05, 0) is 28.1 Å². The Balaban J connectivity index is 1.65. The summed E-state index contributed by atoms with van der Waals surface area (Å²) < 4.78 is 2.64. The number of thioether (sulfide) groups is 1.